The molecule has 0 unspecified atom stereocenters. The predicted molar refractivity (Wildman–Crippen MR) is 87.4 cm³/mol. The molecule has 2 aromatic rings. The van der Waals surface area contributed by atoms with E-state index in [0.29, 0.717) is 18.9 Å². The highest BCUT2D eigenvalue weighted by molar-refractivity contribution is 9.10. The molecule has 9 heteroatoms. The summed E-state index contributed by atoms with van der Waals surface area (Å²) < 4.78 is 7.66. The van der Waals surface area contributed by atoms with Crippen LogP contribution in [0.4, 0.5) is 11.4 Å². The number of aromatic nitrogens is 2. The van der Waals surface area contributed by atoms with Crippen molar-refractivity contribution >= 4 is 33.2 Å². The molecule has 1 aromatic heterocycles. The molecule has 23 heavy (non-hydrogen) atoms. The zero-order valence-corrected chi connectivity index (χ0v) is 13.9. The van der Waals surface area contributed by atoms with E-state index in [9.17, 15) is 14.9 Å². The molecule has 0 aliphatic heterocycles. The van der Waals surface area contributed by atoms with E-state index < -0.39 is 4.92 Å². The summed E-state index contributed by atoms with van der Waals surface area (Å²) in [6.07, 6.45) is 3.51. The number of hydrogen-bond donors (Lipinski definition) is 1. The van der Waals surface area contributed by atoms with Crippen LogP contribution in [-0.4, -0.2) is 27.2 Å². The number of benzene rings is 1. The lowest BCUT2D eigenvalue weighted by Crippen LogP contribution is -2.15. The number of aryl methyl sites for hydroxylation is 1. The van der Waals surface area contributed by atoms with Gasteiger partial charge in [0.15, 0.2) is 0 Å². The number of nitro benzene ring substituents is 1. The lowest BCUT2D eigenvalue weighted by Gasteiger charge is -2.08. The maximum atomic E-state index is 12.0. The summed E-state index contributed by atoms with van der Waals surface area (Å²) in [5, 5.41) is 17.7. The van der Waals surface area contributed by atoms with Gasteiger partial charge in [-0.2, -0.15) is 5.10 Å². The van der Waals surface area contributed by atoms with Gasteiger partial charge in [0.2, 0.25) is 5.91 Å². The first-order valence-corrected chi connectivity index (χ1v) is 7.68. The molecule has 1 heterocycles. The standard InChI is InChI=1S/C14H15BrN4O4/c1-2-23-11-3-4-12(13(7-11)19(21)22)17-14(20)5-6-18-9-10(15)8-16-18/h3-4,7-9H,2,5-6H2,1H3,(H,17,20). The van der Waals surface area contributed by atoms with Gasteiger partial charge in [0.05, 0.1) is 28.3 Å². The first kappa shape index (κ1) is 16.9. The fourth-order valence-electron chi connectivity index (χ4n) is 1.91. The molecule has 0 fully saturated rings. The highest BCUT2D eigenvalue weighted by Gasteiger charge is 2.17. The van der Waals surface area contributed by atoms with Crippen LogP contribution in [0.25, 0.3) is 0 Å². The van der Waals surface area contributed by atoms with Crippen molar-refractivity contribution < 1.29 is 14.5 Å². The Bertz CT molecular complexity index is 717. The zero-order chi connectivity index (χ0) is 16.8. The monoisotopic (exact) mass is 382 g/mol. The number of halogens is 1. The normalized spacial score (nSPS) is 10.3. The van der Waals surface area contributed by atoms with Crippen molar-refractivity contribution in [3.05, 3.63) is 45.2 Å². The minimum absolute atomic E-state index is 0.144. The van der Waals surface area contributed by atoms with Crippen molar-refractivity contribution in [3.63, 3.8) is 0 Å². The molecule has 0 bridgehead atoms. The van der Waals surface area contributed by atoms with Crippen LogP contribution in [0.1, 0.15) is 13.3 Å². The van der Waals surface area contributed by atoms with Gasteiger partial charge in [-0.15, -0.1) is 0 Å². The van der Waals surface area contributed by atoms with E-state index >= 15 is 0 Å². The van der Waals surface area contributed by atoms with Crippen LogP contribution in [0.5, 0.6) is 5.75 Å². The Morgan fingerprint density at radius 2 is 2.30 bits per heavy atom. The quantitative estimate of drug-likeness (QED) is 0.585. The van der Waals surface area contributed by atoms with Gasteiger partial charge in [-0.05, 0) is 35.0 Å². The van der Waals surface area contributed by atoms with Crippen molar-refractivity contribution in [1.82, 2.24) is 9.78 Å². The van der Waals surface area contributed by atoms with Gasteiger partial charge in [-0.25, -0.2) is 0 Å². The van der Waals surface area contributed by atoms with E-state index in [0.717, 1.165) is 4.47 Å². The second-order valence-corrected chi connectivity index (χ2v) is 5.50. The summed E-state index contributed by atoms with van der Waals surface area (Å²) in [5.41, 5.74) is -0.0590. The molecule has 0 radical (unpaired) electrons. The number of rotatable bonds is 7. The lowest BCUT2D eigenvalue weighted by molar-refractivity contribution is -0.384. The number of nitro groups is 1. The van der Waals surface area contributed by atoms with E-state index in [1.807, 2.05) is 0 Å². The topological polar surface area (TPSA) is 99.3 Å². The van der Waals surface area contributed by atoms with Crippen LogP contribution in [-0.2, 0) is 11.3 Å². The molecule has 0 aliphatic rings. The first-order valence-electron chi connectivity index (χ1n) is 6.88. The van der Waals surface area contributed by atoms with Crippen molar-refractivity contribution in [3.8, 4) is 5.75 Å². The molecule has 1 amide bonds. The van der Waals surface area contributed by atoms with Crippen LogP contribution < -0.4 is 10.1 Å². The molecule has 1 aromatic carbocycles. The van der Waals surface area contributed by atoms with Gasteiger partial charge in [0.1, 0.15) is 11.4 Å². The van der Waals surface area contributed by atoms with Crippen LogP contribution in [0.15, 0.2) is 35.1 Å². The van der Waals surface area contributed by atoms with Gasteiger partial charge in [0.25, 0.3) is 5.69 Å². The highest BCUT2D eigenvalue weighted by atomic mass is 79.9. The predicted octanol–water partition coefficient (Wildman–Crippen LogP) is 2.98. The van der Waals surface area contributed by atoms with Gasteiger partial charge < -0.3 is 10.1 Å². The lowest BCUT2D eigenvalue weighted by atomic mass is 10.2. The Morgan fingerprint density at radius 1 is 1.52 bits per heavy atom. The van der Waals surface area contributed by atoms with Gasteiger partial charge in [-0.1, -0.05) is 0 Å². The molecule has 0 saturated heterocycles. The number of anilines is 1. The Morgan fingerprint density at radius 3 is 2.91 bits per heavy atom. The van der Waals surface area contributed by atoms with Crippen molar-refractivity contribution in [2.45, 2.75) is 19.9 Å². The van der Waals surface area contributed by atoms with Crippen LogP contribution in [0.2, 0.25) is 0 Å². The molecule has 1 N–H and O–H groups in total. The van der Waals surface area contributed by atoms with Crippen molar-refractivity contribution in [1.29, 1.82) is 0 Å². The molecule has 122 valence electrons. The zero-order valence-electron chi connectivity index (χ0n) is 12.4. The molecule has 0 spiro atoms. The van der Waals surface area contributed by atoms with Gasteiger partial charge in [-0.3, -0.25) is 19.6 Å². The van der Waals surface area contributed by atoms with E-state index in [4.69, 9.17) is 4.74 Å². The summed E-state index contributed by atoms with van der Waals surface area (Å²) in [6.45, 7) is 2.57. The van der Waals surface area contributed by atoms with E-state index in [1.165, 1.54) is 12.1 Å². The summed E-state index contributed by atoms with van der Waals surface area (Å²) in [6, 6.07) is 4.34. The molecular formula is C14H15BrN4O4. The summed E-state index contributed by atoms with van der Waals surface area (Å²) >= 11 is 3.27. The average Bonchev–Trinajstić information content (AvgIpc) is 2.92. The average molecular weight is 383 g/mol. The second kappa shape index (κ2) is 7.73. The third-order valence-electron chi connectivity index (χ3n) is 2.92. The Balaban J connectivity index is 2.03. The number of ether oxygens (including phenoxy) is 1. The Labute approximate surface area is 140 Å². The SMILES string of the molecule is CCOc1ccc(NC(=O)CCn2cc(Br)cn2)c([N+](=O)[O-])c1. The number of nitrogens with zero attached hydrogens (tertiary/aromatic N) is 3. The number of nitrogens with one attached hydrogen (secondary N) is 1. The van der Waals surface area contributed by atoms with E-state index in [1.54, 1.807) is 30.1 Å². The van der Waals surface area contributed by atoms with E-state index in [-0.39, 0.29) is 23.7 Å². The summed E-state index contributed by atoms with van der Waals surface area (Å²) in [7, 11) is 0. The van der Waals surface area contributed by atoms with Crippen LogP contribution >= 0.6 is 15.9 Å². The number of hydrogen-bond acceptors (Lipinski definition) is 5. The van der Waals surface area contributed by atoms with Crippen molar-refractivity contribution in [2.24, 2.45) is 0 Å². The molecular weight excluding hydrogens is 368 g/mol. The van der Waals surface area contributed by atoms with E-state index in [2.05, 4.69) is 26.3 Å². The first-order chi connectivity index (χ1) is 11.0. The smallest absolute Gasteiger partial charge is 0.296 e. The summed E-state index contributed by atoms with van der Waals surface area (Å²) in [4.78, 5) is 22.5. The summed E-state index contributed by atoms with van der Waals surface area (Å²) in [5.74, 6) is 0.0578. The number of carbonyl (C=O) groups excluding carboxylic acids is 1. The number of amides is 1. The minimum Gasteiger partial charge on any atom is -0.494 e. The fourth-order valence-corrected chi connectivity index (χ4v) is 2.24. The number of carbonyl (C=O) groups is 1. The molecule has 2 rings (SSSR count). The molecule has 0 atom stereocenters. The third-order valence-corrected chi connectivity index (χ3v) is 3.33. The third kappa shape index (κ3) is 4.78. The van der Waals surface area contributed by atoms with Gasteiger partial charge >= 0.3 is 0 Å². The maximum Gasteiger partial charge on any atom is 0.296 e. The maximum absolute atomic E-state index is 12.0. The highest BCUT2D eigenvalue weighted by Crippen LogP contribution is 2.29. The molecule has 8 nitrogen and oxygen atoms in total. The molecule has 0 aliphatic carbocycles. The Hall–Kier alpha value is -2.42. The largest absolute Gasteiger partial charge is 0.494 e. The molecule has 0 saturated carbocycles. The van der Waals surface area contributed by atoms with Gasteiger partial charge in [0, 0.05) is 19.2 Å². The second-order valence-electron chi connectivity index (χ2n) is 4.59. The van der Waals surface area contributed by atoms with Crippen molar-refractivity contribution in [2.75, 3.05) is 11.9 Å². The minimum atomic E-state index is -0.553. The van der Waals surface area contributed by atoms with Crippen LogP contribution in [0, 0.1) is 10.1 Å². The fraction of sp³-hybridized carbons (Fsp3) is 0.286. The Kier molecular flexibility index (Phi) is 5.69. The van der Waals surface area contributed by atoms with Crippen LogP contribution in [0.3, 0.4) is 0 Å².